The van der Waals surface area contributed by atoms with Crippen LogP contribution in [0.5, 0.6) is 0 Å². The van der Waals surface area contributed by atoms with Crippen molar-refractivity contribution in [2.24, 2.45) is 11.8 Å². The number of hydrogen-bond donors (Lipinski definition) is 0. The van der Waals surface area contributed by atoms with Gasteiger partial charge in [-0.1, -0.05) is 12.2 Å². The third kappa shape index (κ3) is 0.986. The van der Waals surface area contributed by atoms with Gasteiger partial charge in [0.05, 0.1) is 12.7 Å². The van der Waals surface area contributed by atoms with E-state index in [0.717, 1.165) is 17.8 Å². The molecule has 2 aliphatic carbocycles. The molecule has 0 aromatic heterocycles. The fraction of sp³-hybridized carbons (Fsp3) is 0.500. The van der Waals surface area contributed by atoms with Crippen molar-refractivity contribution in [2.45, 2.75) is 13.3 Å². The lowest BCUT2D eigenvalue weighted by atomic mass is 10.0. The molecule has 0 saturated heterocycles. The van der Waals surface area contributed by atoms with E-state index >= 15 is 0 Å². The minimum Gasteiger partial charge on any atom is -0.500 e. The summed E-state index contributed by atoms with van der Waals surface area (Å²) in [6, 6.07) is 0. The Morgan fingerprint density at radius 3 is 3.00 bits per heavy atom. The first-order valence-corrected chi connectivity index (χ1v) is 4.21. The van der Waals surface area contributed by atoms with E-state index in [4.69, 9.17) is 4.74 Å². The number of carbonyl (C=O) groups excluding carboxylic acids is 1. The van der Waals surface area contributed by atoms with Crippen LogP contribution in [0.2, 0.25) is 0 Å². The number of carbonyl (C=O) groups is 1. The fourth-order valence-corrected chi connectivity index (χ4v) is 1.78. The highest BCUT2D eigenvalue weighted by molar-refractivity contribution is 5.97. The van der Waals surface area contributed by atoms with E-state index in [9.17, 15) is 4.79 Å². The number of hydrogen-bond acceptors (Lipinski definition) is 2. The van der Waals surface area contributed by atoms with Crippen LogP contribution in [0.25, 0.3) is 0 Å². The minimum atomic E-state index is 0.105. The molecule has 0 radical (unpaired) electrons. The van der Waals surface area contributed by atoms with Crippen LogP contribution in [-0.2, 0) is 9.53 Å². The van der Waals surface area contributed by atoms with Crippen molar-refractivity contribution in [3.63, 3.8) is 0 Å². The van der Waals surface area contributed by atoms with Crippen molar-refractivity contribution in [3.8, 4) is 0 Å². The van der Waals surface area contributed by atoms with Crippen LogP contribution < -0.4 is 0 Å². The van der Waals surface area contributed by atoms with Crippen LogP contribution in [0.15, 0.2) is 23.5 Å². The average Bonchev–Trinajstić information content (AvgIpc) is 2.79. The first-order chi connectivity index (χ1) is 5.74. The summed E-state index contributed by atoms with van der Waals surface area (Å²) in [6.45, 7) is 1.58. The molecule has 0 amide bonds. The summed E-state index contributed by atoms with van der Waals surface area (Å²) in [5, 5.41) is 0. The minimum absolute atomic E-state index is 0.105. The smallest absolute Gasteiger partial charge is 0.163 e. The molecule has 12 heavy (non-hydrogen) atoms. The summed E-state index contributed by atoms with van der Waals surface area (Å²) in [4.78, 5) is 11.1. The molecule has 2 atom stereocenters. The normalized spacial score (nSPS) is 31.5. The number of allylic oxidation sites excluding steroid dienone is 4. The molecule has 0 spiro atoms. The van der Waals surface area contributed by atoms with Gasteiger partial charge < -0.3 is 4.74 Å². The van der Waals surface area contributed by atoms with E-state index in [-0.39, 0.29) is 5.78 Å². The molecule has 2 unspecified atom stereocenters. The largest absolute Gasteiger partial charge is 0.500 e. The van der Waals surface area contributed by atoms with Crippen molar-refractivity contribution in [1.29, 1.82) is 0 Å². The van der Waals surface area contributed by atoms with Crippen LogP contribution in [0.1, 0.15) is 13.3 Å². The topological polar surface area (TPSA) is 26.3 Å². The molecule has 1 fully saturated rings. The summed E-state index contributed by atoms with van der Waals surface area (Å²) >= 11 is 0. The Hall–Kier alpha value is -1.05. The monoisotopic (exact) mass is 164 g/mol. The average molecular weight is 164 g/mol. The highest BCUT2D eigenvalue weighted by Crippen LogP contribution is 2.49. The number of methoxy groups -OCH3 is 1. The van der Waals surface area contributed by atoms with Crippen LogP contribution >= 0.6 is 0 Å². The maximum Gasteiger partial charge on any atom is 0.163 e. The van der Waals surface area contributed by atoms with Gasteiger partial charge in [0.25, 0.3) is 0 Å². The predicted molar refractivity (Wildman–Crippen MR) is 45.5 cm³/mol. The number of rotatable bonds is 2. The number of ketones is 1. The Kier molecular flexibility index (Phi) is 1.56. The highest BCUT2D eigenvalue weighted by Gasteiger charge is 2.42. The molecule has 64 valence electrons. The first-order valence-electron chi connectivity index (χ1n) is 4.21. The molecule has 2 rings (SSSR count). The SMILES string of the molecule is COC1=C(C(C)=O)C=CC2CC12. The first kappa shape index (κ1) is 7.59. The Balaban J connectivity index is 2.36. The molecule has 2 nitrogen and oxygen atoms in total. The fourth-order valence-electron chi connectivity index (χ4n) is 1.78. The lowest BCUT2D eigenvalue weighted by Crippen LogP contribution is -2.06. The zero-order chi connectivity index (χ0) is 8.72. The second-order valence-corrected chi connectivity index (χ2v) is 3.40. The second-order valence-electron chi connectivity index (χ2n) is 3.40. The zero-order valence-corrected chi connectivity index (χ0v) is 7.33. The predicted octanol–water partition coefficient (Wildman–Crippen LogP) is 1.68. The van der Waals surface area contributed by atoms with E-state index in [1.165, 1.54) is 0 Å². The van der Waals surface area contributed by atoms with Gasteiger partial charge in [-0.3, -0.25) is 4.79 Å². The molecular weight excluding hydrogens is 152 g/mol. The second kappa shape index (κ2) is 2.47. The van der Waals surface area contributed by atoms with Gasteiger partial charge in [0.2, 0.25) is 0 Å². The molecule has 0 aliphatic heterocycles. The third-order valence-electron chi connectivity index (χ3n) is 2.55. The van der Waals surface area contributed by atoms with E-state index in [2.05, 4.69) is 6.08 Å². The summed E-state index contributed by atoms with van der Waals surface area (Å²) < 4.78 is 5.23. The van der Waals surface area contributed by atoms with Crippen molar-refractivity contribution in [2.75, 3.05) is 7.11 Å². The Bertz CT molecular complexity index is 286. The van der Waals surface area contributed by atoms with Crippen LogP contribution in [0, 0.1) is 11.8 Å². The molecule has 2 heteroatoms. The third-order valence-corrected chi connectivity index (χ3v) is 2.55. The standard InChI is InChI=1S/C10H12O2/c1-6(11)8-4-3-7-5-9(7)10(8)12-2/h3-4,7,9H,5H2,1-2H3. The van der Waals surface area contributed by atoms with Gasteiger partial charge in [0, 0.05) is 5.92 Å². The van der Waals surface area contributed by atoms with Gasteiger partial charge in [0.15, 0.2) is 5.78 Å². The van der Waals surface area contributed by atoms with E-state index in [0.29, 0.717) is 11.8 Å². The maximum atomic E-state index is 11.1. The molecule has 0 aromatic carbocycles. The number of Topliss-reactive ketones (excluding diaryl/α,β-unsaturated/α-hetero) is 1. The highest BCUT2D eigenvalue weighted by atomic mass is 16.5. The van der Waals surface area contributed by atoms with Crippen LogP contribution in [0.4, 0.5) is 0 Å². The molecule has 0 bridgehead atoms. The quantitative estimate of drug-likeness (QED) is 0.620. The summed E-state index contributed by atoms with van der Waals surface area (Å²) in [5.41, 5.74) is 0.760. The van der Waals surface area contributed by atoms with E-state index in [1.807, 2.05) is 6.08 Å². The summed E-state index contributed by atoms with van der Waals surface area (Å²) in [7, 11) is 1.65. The molecule has 1 saturated carbocycles. The molecular formula is C10H12O2. The lowest BCUT2D eigenvalue weighted by Gasteiger charge is -2.11. The summed E-state index contributed by atoms with van der Waals surface area (Å²) in [5.74, 6) is 2.14. The van der Waals surface area contributed by atoms with Crippen molar-refractivity contribution in [1.82, 2.24) is 0 Å². The molecule has 0 N–H and O–H groups in total. The molecule has 0 aromatic rings. The number of fused-ring (bicyclic) bond motifs is 1. The lowest BCUT2D eigenvalue weighted by molar-refractivity contribution is -0.113. The molecule has 0 heterocycles. The van der Waals surface area contributed by atoms with Gasteiger partial charge in [-0.15, -0.1) is 0 Å². The van der Waals surface area contributed by atoms with Crippen molar-refractivity contribution in [3.05, 3.63) is 23.5 Å². The van der Waals surface area contributed by atoms with Crippen molar-refractivity contribution < 1.29 is 9.53 Å². The van der Waals surface area contributed by atoms with E-state index in [1.54, 1.807) is 14.0 Å². The van der Waals surface area contributed by atoms with Gasteiger partial charge in [-0.05, 0) is 19.3 Å². The zero-order valence-electron chi connectivity index (χ0n) is 7.33. The van der Waals surface area contributed by atoms with Gasteiger partial charge in [-0.25, -0.2) is 0 Å². The van der Waals surface area contributed by atoms with Crippen LogP contribution in [0.3, 0.4) is 0 Å². The molecule has 2 aliphatic rings. The van der Waals surface area contributed by atoms with Crippen molar-refractivity contribution >= 4 is 5.78 Å². The Labute approximate surface area is 71.9 Å². The van der Waals surface area contributed by atoms with Gasteiger partial charge in [0.1, 0.15) is 5.76 Å². The summed E-state index contributed by atoms with van der Waals surface area (Å²) in [6.07, 6.45) is 5.16. The number of ether oxygens (including phenoxy) is 1. The van der Waals surface area contributed by atoms with Gasteiger partial charge in [-0.2, -0.15) is 0 Å². The Morgan fingerprint density at radius 1 is 1.67 bits per heavy atom. The van der Waals surface area contributed by atoms with Gasteiger partial charge >= 0.3 is 0 Å². The van der Waals surface area contributed by atoms with E-state index < -0.39 is 0 Å². The van der Waals surface area contributed by atoms with Crippen LogP contribution in [-0.4, -0.2) is 12.9 Å². The maximum absolute atomic E-state index is 11.1. The Morgan fingerprint density at radius 2 is 2.42 bits per heavy atom.